The number of hydrogen-bond donors (Lipinski definition) is 2. The van der Waals surface area contributed by atoms with Crippen molar-refractivity contribution >= 4 is 28.9 Å². The molecule has 1 aliphatic heterocycles. The Labute approximate surface area is 136 Å². The van der Waals surface area contributed by atoms with Gasteiger partial charge < -0.3 is 10.4 Å². The van der Waals surface area contributed by atoms with Gasteiger partial charge in [0, 0.05) is 16.9 Å². The monoisotopic (exact) mass is 359 g/mol. The minimum Gasteiger partial charge on any atom is -0.477 e. The summed E-state index contributed by atoms with van der Waals surface area (Å²) in [5.74, 6) is -5.05. The van der Waals surface area contributed by atoms with Crippen LogP contribution in [0.5, 0.6) is 0 Å². The van der Waals surface area contributed by atoms with Crippen molar-refractivity contribution in [2.24, 2.45) is 0 Å². The number of hydrogen-bond acceptors (Lipinski definition) is 3. The average Bonchev–Trinajstić information content (AvgIpc) is 2.84. The summed E-state index contributed by atoms with van der Waals surface area (Å²) in [6.45, 7) is 0. The van der Waals surface area contributed by atoms with Gasteiger partial charge in [-0.3, -0.25) is 4.79 Å². The summed E-state index contributed by atoms with van der Waals surface area (Å²) < 4.78 is 53.1. The van der Waals surface area contributed by atoms with E-state index in [4.69, 9.17) is 0 Å². The van der Waals surface area contributed by atoms with E-state index in [0.29, 0.717) is 11.3 Å². The first-order chi connectivity index (χ1) is 11.2. The second kappa shape index (κ2) is 5.59. The van der Waals surface area contributed by atoms with Crippen molar-refractivity contribution in [2.75, 3.05) is 5.32 Å². The molecule has 0 aliphatic carbocycles. The van der Waals surface area contributed by atoms with Crippen molar-refractivity contribution in [1.29, 1.82) is 0 Å². The molecule has 24 heavy (non-hydrogen) atoms. The molecule has 0 spiro atoms. The molecule has 2 heterocycles. The van der Waals surface area contributed by atoms with Crippen LogP contribution in [0.15, 0.2) is 24.3 Å². The van der Waals surface area contributed by atoms with Gasteiger partial charge in [-0.15, -0.1) is 11.3 Å². The van der Waals surface area contributed by atoms with E-state index in [1.165, 1.54) is 12.1 Å². The number of halogens is 4. The summed E-state index contributed by atoms with van der Waals surface area (Å²) in [5, 5.41) is 11.6. The van der Waals surface area contributed by atoms with Gasteiger partial charge in [0.15, 0.2) is 0 Å². The highest BCUT2D eigenvalue weighted by Crippen LogP contribution is 2.52. The molecule has 4 nitrogen and oxygen atoms in total. The Morgan fingerprint density at radius 3 is 2.62 bits per heavy atom. The molecule has 2 N–H and O–H groups in total. The summed E-state index contributed by atoms with van der Waals surface area (Å²) in [6, 6.07) is 4.82. The first-order valence-corrected chi connectivity index (χ1v) is 7.52. The normalized spacial score (nSPS) is 17.3. The van der Waals surface area contributed by atoms with Crippen molar-refractivity contribution in [2.45, 2.75) is 18.5 Å². The summed E-state index contributed by atoms with van der Waals surface area (Å²) in [5.41, 5.74) is -0.223. The smallest absolute Gasteiger partial charge is 0.397 e. The fraction of sp³-hybridized carbons (Fsp3) is 0.200. The molecule has 3 rings (SSSR count). The minimum absolute atomic E-state index is 0.0908. The predicted octanol–water partition coefficient (Wildman–Crippen LogP) is 4.24. The molecule has 1 aromatic carbocycles. The lowest BCUT2D eigenvalue weighted by Gasteiger charge is -2.25. The first-order valence-electron chi connectivity index (χ1n) is 6.71. The maximum Gasteiger partial charge on any atom is 0.397 e. The number of thiophene rings is 1. The molecule has 9 heteroatoms. The topological polar surface area (TPSA) is 66.4 Å². The van der Waals surface area contributed by atoms with Crippen molar-refractivity contribution < 1.29 is 32.3 Å². The molecule has 1 aliphatic rings. The number of carbonyl (C=O) groups is 2. The molecule has 1 unspecified atom stereocenters. The zero-order valence-electron chi connectivity index (χ0n) is 11.8. The zero-order valence-corrected chi connectivity index (χ0v) is 12.6. The fourth-order valence-corrected chi connectivity index (χ4v) is 3.86. The Hall–Kier alpha value is -2.42. The van der Waals surface area contributed by atoms with Crippen LogP contribution in [0.25, 0.3) is 11.1 Å². The van der Waals surface area contributed by atoms with Crippen LogP contribution in [-0.2, 0) is 4.79 Å². The molecule has 0 saturated carbocycles. The van der Waals surface area contributed by atoms with Crippen LogP contribution < -0.4 is 5.32 Å². The Bertz CT molecular complexity index is 844. The van der Waals surface area contributed by atoms with Gasteiger partial charge in [0.25, 0.3) is 0 Å². The maximum atomic E-state index is 13.5. The Morgan fingerprint density at radius 1 is 1.33 bits per heavy atom. The molecule has 1 atom stereocenters. The highest BCUT2D eigenvalue weighted by atomic mass is 32.1. The lowest BCUT2D eigenvalue weighted by molar-refractivity contribution is -0.156. The van der Waals surface area contributed by atoms with Gasteiger partial charge in [-0.1, -0.05) is 12.1 Å². The number of carboxylic acids is 1. The molecule has 0 fully saturated rings. The highest BCUT2D eigenvalue weighted by molar-refractivity contribution is 7.15. The molecule has 0 bridgehead atoms. The molecule has 1 amide bonds. The number of alkyl halides is 3. The van der Waals surface area contributed by atoms with Gasteiger partial charge >= 0.3 is 12.1 Å². The number of carboxylic acid groups (broad SMARTS) is 1. The zero-order chi connectivity index (χ0) is 17.6. The van der Waals surface area contributed by atoms with Crippen molar-refractivity contribution in [3.05, 3.63) is 39.8 Å². The predicted molar refractivity (Wildman–Crippen MR) is 78.7 cm³/mol. The standard InChI is InChI=1S/C15H9F4NO3S/c16-7-3-1-2-6(4-7)10-11-12(24-13(10)14(22)23)8(15(17,18)19)5-9(21)20-11/h1-4,8H,5H2,(H,20,21)(H,22,23). The van der Waals surface area contributed by atoms with E-state index in [9.17, 15) is 32.3 Å². The van der Waals surface area contributed by atoms with E-state index < -0.39 is 36.2 Å². The number of amides is 1. The van der Waals surface area contributed by atoms with Crippen LogP contribution >= 0.6 is 11.3 Å². The van der Waals surface area contributed by atoms with E-state index in [2.05, 4.69) is 5.32 Å². The van der Waals surface area contributed by atoms with Crippen LogP contribution in [0.4, 0.5) is 23.2 Å². The molecular formula is C15H9F4NO3S. The fourth-order valence-electron chi connectivity index (χ4n) is 2.62. The quantitative estimate of drug-likeness (QED) is 0.788. The van der Waals surface area contributed by atoms with Crippen molar-refractivity contribution in [1.82, 2.24) is 0 Å². The first kappa shape index (κ1) is 16.4. The number of rotatable bonds is 2. The van der Waals surface area contributed by atoms with Gasteiger partial charge in [-0.2, -0.15) is 13.2 Å². The second-order valence-electron chi connectivity index (χ2n) is 5.21. The van der Waals surface area contributed by atoms with Gasteiger partial charge in [0.05, 0.1) is 5.69 Å². The molecule has 2 aromatic rings. The van der Waals surface area contributed by atoms with Crippen molar-refractivity contribution in [3.8, 4) is 11.1 Å². The van der Waals surface area contributed by atoms with Crippen molar-refractivity contribution in [3.63, 3.8) is 0 Å². The summed E-state index contributed by atoms with van der Waals surface area (Å²) >= 11 is 0.451. The number of fused-ring (bicyclic) bond motifs is 1. The average molecular weight is 359 g/mol. The summed E-state index contributed by atoms with van der Waals surface area (Å²) in [7, 11) is 0. The van der Waals surface area contributed by atoms with Gasteiger partial charge in [0.2, 0.25) is 5.91 Å². The molecular weight excluding hydrogens is 350 g/mol. The number of nitrogens with one attached hydrogen (secondary N) is 1. The number of anilines is 1. The molecule has 1 aromatic heterocycles. The minimum atomic E-state index is -4.69. The number of benzene rings is 1. The van der Waals surface area contributed by atoms with Gasteiger partial charge in [-0.05, 0) is 17.7 Å². The van der Waals surface area contributed by atoms with E-state index in [1.54, 1.807) is 0 Å². The second-order valence-corrected chi connectivity index (χ2v) is 6.26. The Morgan fingerprint density at radius 2 is 2.04 bits per heavy atom. The van der Waals surface area contributed by atoms with Crippen LogP contribution in [0.2, 0.25) is 0 Å². The molecule has 126 valence electrons. The Kier molecular flexibility index (Phi) is 3.83. The number of aromatic carboxylic acids is 1. The van der Waals surface area contributed by atoms with E-state index in [0.717, 1.165) is 12.1 Å². The highest BCUT2D eigenvalue weighted by Gasteiger charge is 2.47. The van der Waals surface area contributed by atoms with Crippen LogP contribution in [0, 0.1) is 5.82 Å². The van der Waals surface area contributed by atoms with Gasteiger partial charge in [-0.25, -0.2) is 9.18 Å². The third-order valence-corrected chi connectivity index (χ3v) is 4.90. The largest absolute Gasteiger partial charge is 0.477 e. The third-order valence-electron chi connectivity index (χ3n) is 3.61. The SMILES string of the molecule is O=C1CC(C(F)(F)F)c2sc(C(=O)O)c(-c3cccc(F)c3)c2N1. The summed E-state index contributed by atoms with van der Waals surface area (Å²) in [4.78, 5) is 22.5. The van der Waals surface area contributed by atoms with Crippen LogP contribution in [0.1, 0.15) is 26.9 Å². The van der Waals surface area contributed by atoms with Gasteiger partial charge in [0.1, 0.15) is 16.6 Å². The lowest BCUT2D eigenvalue weighted by atomic mass is 9.93. The van der Waals surface area contributed by atoms with Crippen LogP contribution in [-0.4, -0.2) is 23.2 Å². The van der Waals surface area contributed by atoms with E-state index >= 15 is 0 Å². The third kappa shape index (κ3) is 2.75. The molecule has 0 saturated heterocycles. The maximum absolute atomic E-state index is 13.5. The number of carbonyl (C=O) groups excluding carboxylic acids is 1. The lowest BCUT2D eigenvalue weighted by Crippen LogP contribution is -2.30. The van der Waals surface area contributed by atoms with Crippen LogP contribution in [0.3, 0.4) is 0 Å². The Balaban J connectivity index is 2.28. The van der Waals surface area contributed by atoms with E-state index in [1.807, 2.05) is 0 Å². The molecule has 0 radical (unpaired) electrons. The summed E-state index contributed by atoms with van der Waals surface area (Å²) in [6.07, 6.45) is -5.50. The van der Waals surface area contributed by atoms with E-state index in [-0.39, 0.29) is 26.6 Å².